The Balaban J connectivity index is 1.67. The van der Waals surface area contributed by atoms with Crippen molar-refractivity contribution in [1.29, 1.82) is 0 Å². The van der Waals surface area contributed by atoms with E-state index >= 15 is 0 Å². The highest BCUT2D eigenvalue weighted by Gasteiger charge is 2.20. The summed E-state index contributed by atoms with van der Waals surface area (Å²) in [5.74, 6) is -1.33. The molecule has 3 aromatic carbocycles. The fourth-order valence-electron chi connectivity index (χ4n) is 2.84. The molecule has 3 aromatic rings. The van der Waals surface area contributed by atoms with Crippen LogP contribution in [0.3, 0.4) is 0 Å². The van der Waals surface area contributed by atoms with Crippen molar-refractivity contribution in [3.8, 4) is 0 Å². The van der Waals surface area contributed by atoms with Gasteiger partial charge in [0.1, 0.15) is 6.04 Å². The predicted octanol–water partition coefficient (Wildman–Crippen LogP) is 3.80. The van der Waals surface area contributed by atoms with Gasteiger partial charge in [-0.25, -0.2) is 4.79 Å². The number of carboxylic acid groups (broad SMARTS) is 1. The van der Waals surface area contributed by atoms with E-state index in [0.717, 1.165) is 25.5 Å². The lowest BCUT2D eigenvalue weighted by atomic mass is 10.0. The molecule has 0 spiro atoms. The fraction of sp³-hybridized carbons (Fsp3) is 0.143. The number of benzene rings is 3. The fourth-order valence-corrected chi connectivity index (χ4v) is 3.20. The van der Waals surface area contributed by atoms with Gasteiger partial charge in [0, 0.05) is 9.99 Å². The first-order chi connectivity index (χ1) is 12.5. The number of aliphatic carboxylic acids is 1. The first kappa shape index (κ1) is 18.4. The maximum Gasteiger partial charge on any atom is 0.326 e. The number of fused-ring (bicyclic) bond motifs is 1. The van der Waals surface area contributed by atoms with E-state index in [4.69, 9.17) is 0 Å². The molecule has 0 saturated heterocycles. The third kappa shape index (κ3) is 4.82. The number of carbonyl (C=O) groups is 2. The molecule has 0 fully saturated rings. The maximum atomic E-state index is 12.3. The van der Waals surface area contributed by atoms with E-state index in [0.29, 0.717) is 0 Å². The minimum absolute atomic E-state index is 0.154. The van der Waals surface area contributed by atoms with Crippen molar-refractivity contribution in [2.75, 3.05) is 0 Å². The van der Waals surface area contributed by atoms with E-state index in [9.17, 15) is 14.7 Å². The van der Waals surface area contributed by atoms with Crippen LogP contribution in [-0.4, -0.2) is 23.0 Å². The Morgan fingerprint density at radius 3 is 2.27 bits per heavy atom. The van der Waals surface area contributed by atoms with Gasteiger partial charge < -0.3 is 10.4 Å². The van der Waals surface area contributed by atoms with Crippen molar-refractivity contribution in [3.05, 3.63) is 81.4 Å². The second-order valence-corrected chi connectivity index (χ2v) is 7.39. The molecule has 1 atom stereocenters. The third-order valence-corrected chi connectivity index (χ3v) is 4.88. The number of nitrogens with one attached hydrogen (secondary N) is 1. The topological polar surface area (TPSA) is 66.4 Å². The van der Waals surface area contributed by atoms with Crippen LogP contribution in [0.25, 0.3) is 10.8 Å². The summed E-state index contributed by atoms with van der Waals surface area (Å²) in [4.78, 5) is 23.8. The third-order valence-electron chi connectivity index (χ3n) is 4.16. The van der Waals surface area contributed by atoms with E-state index < -0.39 is 12.0 Å². The van der Waals surface area contributed by atoms with Crippen molar-refractivity contribution < 1.29 is 14.7 Å². The molecule has 0 bridgehead atoms. The number of carbonyl (C=O) groups excluding carboxylic acids is 1. The zero-order valence-electron chi connectivity index (χ0n) is 14.0. The molecule has 0 radical (unpaired) electrons. The SMILES string of the molecule is O=C(Cc1ccc2ccccc2c1)N[C@@H](Cc1ccc(I)cc1)C(=O)O. The Labute approximate surface area is 165 Å². The van der Waals surface area contributed by atoms with Gasteiger partial charge in [0.05, 0.1) is 6.42 Å². The van der Waals surface area contributed by atoms with E-state index in [1.165, 1.54) is 0 Å². The van der Waals surface area contributed by atoms with Gasteiger partial charge in [-0.3, -0.25) is 4.79 Å². The summed E-state index contributed by atoms with van der Waals surface area (Å²) in [5, 5.41) is 14.2. The van der Waals surface area contributed by atoms with Crippen LogP contribution in [0.5, 0.6) is 0 Å². The van der Waals surface area contributed by atoms with Gasteiger partial charge in [-0.2, -0.15) is 0 Å². The molecular weight excluding hydrogens is 441 g/mol. The van der Waals surface area contributed by atoms with Crippen LogP contribution >= 0.6 is 22.6 Å². The number of amides is 1. The van der Waals surface area contributed by atoms with Crippen LogP contribution in [0.2, 0.25) is 0 Å². The molecule has 26 heavy (non-hydrogen) atoms. The lowest BCUT2D eigenvalue weighted by Gasteiger charge is -2.15. The van der Waals surface area contributed by atoms with Gasteiger partial charge in [-0.1, -0.05) is 54.6 Å². The van der Waals surface area contributed by atoms with Crippen LogP contribution in [0.1, 0.15) is 11.1 Å². The molecule has 5 heteroatoms. The summed E-state index contributed by atoms with van der Waals surface area (Å²) >= 11 is 2.20. The second kappa shape index (κ2) is 8.31. The van der Waals surface area contributed by atoms with E-state index in [1.54, 1.807) is 0 Å². The van der Waals surface area contributed by atoms with Gasteiger partial charge >= 0.3 is 5.97 Å². The molecule has 0 aliphatic carbocycles. The smallest absolute Gasteiger partial charge is 0.326 e. The molecule has 0 unspecified atom stereocenters. The van der Waals surface area contributed by atoms with Crippen molar-refractivity contribution in [2.45, 2.75) is 18.9 Å². The molecule has 0 aliphatic heterocycles. The normalized spacial score (nSPS) is 11.9. The van der Waals surface area contributed by atoms with Gasteiger partial charge in [0.25, 0.3) is 0 Å². The van der Waals surface area contributed by atoms with Crippen molar-refractivity contribution in [3.63, 3.8) is 0 Å². The van der Waals surface area contributed by atoms with E-state index in [-0.39, 0.29) is 18.7 Å². The Hall–Kier alpha value is -2.41. The average Bonchev–Trinajstić information content (AvgIpc) is 2.62. The first-order valence-corrected chi connectivity index (χ1v) is 9.33. The van der Waals surface area contributed by atoms with Gasteiger partial charge in [0.15, 0.2) is 0 Å². The van der Waals surface area contributed by atoms with Crippen LogP contribution in [-0.2, 0) is 22.4 Å². The standard InChI is InChI=1S/C21H18INO3/c22-18-9-6-14(7-10-18)12-19(21(25)26)23-20(24)13-15-5-8-16-3-1-2-4-17(16)11-15/h1-11,19H,12-13H2,(H,23,24)(H,25,26)/t19-/m0/s1. The summed E-state index contributed by atoms with van der Waals surface area (Å²) in [6, 6.07) is 20.4. The van der Waals surface area contributed by atoms with Gasteiger partial charge in [-0.15, -0.1) is 0 Å². The molecule has 0 aliphatic rings. The van der Waals surface area contributed by atoms with Crippen molar-refractivity contribution in [1.82, 2.24) is 5.32 Å². The molecule has 3 rings (SSSR count). The first-order valence-electron chi connectivity index (χ1n) is 8.25. The molecule has 132 valence electrons. The molecular formula is C21H18INO3. The van der Waals surface area contributed by atoms with Gasteiger partial charge in [-0.05, 0) is 56.6 Å². The minimum atomic E-state index is -1.03. The molecule has 0 saturated carbocycles. The number of halogens is 1. The quantitative estimate of drug-likeness (QED) is 0.552. The average molecular weight is 459 g/mol. The summed E-state index contributed by atoms with van der Waals surface area (Å²) in [7, 11) is 0. The zero-order chi connectivity index (χ0) is 18.5. The predicted molar refractivity (Wildman–Crippen MR) is 110 cm³/mol. The summed E-state index contributed by atoms with van der Waals surface area (Å²) in [6.07, 6.45) is 0.414. The highest BCUT2D eigenvalue weighted by atomic mass is 127. The lowest BCUT2D eigenvalue weighted by molar-refractivity contribution is -0.141. The van der Waals surface area contributed by atoms with Crippen molar-refractivity contribution in [2.24, 2.45) is 0 Å². The molecule has 0 aromatic heterocycles. The minimum Gasteiger partial charge on any atom is -0.480 e. The second-order valence-electron chi connectivity index (χ2n) is 6.15. The van der Waals surface area contributed by atoms with Crippen LogP contribution in [0.15, 0.2) is 66.7 Å². The summed E-state index contributed by atoms with van der Waals surface area (Å²) < 4.78 is 1.08. The number of hydrogen-bond acceptors (Lipinski definition) is 2. The van der Waals surface area contributed by atoms with E-state index in [1.807, 2.05) is 66.7 Å². The molecule has 4 nitrogen and oxygen atoms in total. The highest BCUT2D eigenvalue weighted by Crippen LogP contribution is 2.16. The Morgan fingerprint density at radius 1 is 0.923 bits per heavy atom. The van der Waals surface area contributed by atoms with Crippen molar-refractivity contribution >= 4 is 45.2 Å². The monoisotopic (exact) mass is 459 g/mol. The number of carboxylic acids is 1. The van der Waals surface area contributed by atoms with Crippen LogP contribution in [0, 0.1) is 3.57 Å². The highest BCUT2D eigenvalue weighted by molar-refractivity contribution is 14.1. The Kier molecular flexibility index (Phi) is 5.88. The maximum absolute atomic E-state index is 12.3. The number of hydrogen-bond donors (Lipinski definition) is 2. The van der Waals surface area contributed by atoms with Crippen LogP contribution < -0.4 is 5.32 Å². The summed E-state index contributed by atoms with van der Waals surface area (Å²) in [5.41, 5.74) is 1.74. The zero-order valence-corrected chi connectivity index (χ0v) is 16.1. The molecule has 0 heterocycles. The lowest BCUT2D eigenvalue weighted by Crippen LogP contribution is -2.43. The van der Waals surface area contributed by atoms with Gasteiger partial charge in [0.2, 0.25) is 5.91 Å². The van der Waals surface area contributed by atoms with Crippen LogP contribution in [0.4, 0.5) is 0 Å². The molecule has 1 amide bonds. The number of rotatable bonds is 6. The Morgan fingerprint density at radius 2 is 1.58 bits per heavy atom. The summed E-state index contributed by atoms with van der Waals surface area (Å²) in [6.45, 7) is 0. The Bertz CT molecular complexity index is 937. The molecule has 2 N–H and O–H groups in total. The largest absolute Gasteiger partial charge is 0.480 e. The van der Waals surface area contributed by atoms with E-state index in [2.05, 4.69) is 27.9 Å².